The summed E-state index contributed by atoms with van der Waals surface area (Å²) in [5.41, 5.74) is 0.471. The van der Waals surface area contributed by atoms with Crippen LogP contribution in [0.2, 0.25) is 0 Å². The molecule has 16 heavy (non-hydrogen) atoms. The van der Waals surface area contributed by atoms with E-state index in [1.807, 2.05) is 0 Å². The number of benzene rings is 1. The highest BCUT2D eigenvalue weighted by molar-refractivity contribution is 5.19. The van der Waals surface area contributed by atoms with Gasteiger partial charge >= 0.3 is 0 Å². The van der Waals surface area contributed by atoms with Crippen molar-refractivity contribution in [3.8, 4) is 0 Å². The van der Waals surface area contributed by atoms with Crippen LogP contribution in [0.4, 0.5) is 8.78 Å². The Balaban J connectivity index is 1.90. The number of nitrogens with zero attached hydrogens (tertiary/aromatic N) is 1. The van der Waals surface area contributed by atoms with Crippen molar-refractivity contribution in [2.45, 2.75) is 6.42 Å². The van der Waals surface area contributed by atoms with Gasteiger partial charge in [0, 0.05) is 32.7 Å². The molecule has 4 heteroatoms. The van der Waals surface area contributed by atoms with E-state index in [1.165, 1.54) is 12.1 Å². The van der Waals surface area contributed by atoms with E-state index in [2.05, 4.69) is 10.2 Å². The van der Waals surface area contributed by atoms with Crippen LogP contribution in [-0.4, -0.2) is 37.6 Å². The fraction of sp³-hybridized carbons (Fsp3) is 0.500. The third kappa shape index (κ3) is 3.00. The van der Waals surface area contributed by atoms with Gasteiger partial charge in [-0.05, 0) is 30.2 Å². The van der Waals surface area contributed by atoms with Gasteiger partial charge in [-0.2, -0.15) is 0 Å². The minimum absolute atomic E-state index is 0.309. The van der Waals surface area contributed by atoms with Crippen molar-refractivity contribution >= 4 is 0 Å². The molecule has 1 aliphatic rings. The van der Waals surface area contributed by atoms with Crippen molar-refractivity contribution < 1.29 is 8.78 Å². The second kappa shape index (κ2) is 5.37. The van der Waals surface area contributed by atoms with Crippen molar-refractivity contribution in [2.75, 3.05) is 32.7 Å². The van der Waals surface area contributed by atoms with E-state index in [0.717, 1.165) is 38.8 Å². The van der Waals surface area contributed by atoms with Gasteiger partial charge in [0.2, 0.25) is 0 Å². The fourth-order valence-electron chi connectivity index (χ4n) is 1.95. The number of nitrogens with one attached hydrogen (secondary N) is 1. The molecule has 0 unspecified atom stereocenters. The quantitative estimate of drug-likeness (QED) is 0.838. The summed E-state index contributed by atoms with van der Waals surface area (Å²) in [6.45, 7) is 4.72. The molecule has 0 amide bonds. The molecular weight excluding hydrogens is 210 g/mol. The van der Waals surface area contributed by atoms with Crippen LogP contribution < -0.4 is 5.32 Å². The zero-order valence-electron chi connectivity index (χ0n) is 9.18. The summed E-state index contributed by atoms with van der Waals surface area (Å²) >= 11 is 0. The minimum Gasteiger partial charge on any atom is -0.314 e. The minimum atomic E-state index is -0.364. The third-order valence-corrected chi connectivity index (χ3v) is 2.91. The van der Waals surface area contributed by atoms with Gasteiger partial charge in [-0.25, -0.2) is 8.78 Å². The van der Waals surface area contributed by atoms with Crippen molar-refractivity contribution in [1.82, 2.24) is 10.2 Å². The van der Waals surface area contributed by atoms with Crippen molar-refractivity contribution in [3.63, 3.8) is 0 Å². The van der Waals surface area contributed by atoms with Gasteiger partial charge in [0.1, 0.15) is 11.6 Å². The predicted molar refractivity (Wildman–Crippen MR) is 59.4 cm³/mol. The van der Waals surface area contributed by atoms with E-state index < -0.39 is 0 Å². The van der Waals surface area contributed by atoms with Crippen molar-refractivity contribution in [2.24, 2.45) is 0 Å². The lowest BCUT2D eigenvalue weighted by molar-refractivity contribution is 0.243. The molecule has 88 valence electrons. The molecule has 1 fully saturated rings. The van der Waals surface area contributed by atoms with E-state index in [1.54, 1.807) is 0 Å². The highest BCUT2D eigenvalue weighted by Gasteiger charge is 2.10. The SMILES string of the molecule is Fc1ccc(F)c(CCN2CCNCC2)c1. The summed E-state index contributed by atoms with van der Waals surface area (Å²) in [7, 11) is 0. The first-order valence-corrected chi connectivity index (χ1v) is 5.63. The highest BCUT2D eigenvalue weighted by atomic mass is 19.1. The Morgan fingerprint density at radius 3 is 2.69 bits per heavy atom. The summed E-state index contributed by atoms with van der Waals surface area (Å²) in [6.07, 6.45) is 0.573. The molecule has 1 aromatic carbocycles. The molecule has 0 radical (unpaired) electrons. The first kappa shape index (κ1) is 11.5. The van der Waals surface area contributed by atoms with Crippen LogP contribution in [0, 0.1) is 11.6 Å². The van der Waals surface area contributed by atoms with Gasteiger partial charge in [-0.3, -0.25) is 0 Å². The largest absolute Gasteiger partial charge is 0.314 e. The molecule has 0 aromatic heterocycles. The fourth-order valence-corrected chi connectivity index (χ4v) is 1.95. The zero-order valence-corrected chi connectivity index (χ0v) is 9.18. The van der Waals surface area contributed by atoms with Crippen molar-refractivity contribution in [3.05, 3.63) is 35.4 Å². The van der Waals surface area contributed by atoms with Gasteiger partial charge in [-0.1, -0.05) is 0 Å². The number of hydrogen-bond acceptors (Lipinski definition) is 2. The lowest BCUT2D eigenvalue weighted by atomic mass is 10.1. The molecule has 2 nitrogen and oxygen atoms in total. The molecule has 1 aromatic rings. The zero-order chi connectivity index (χ0) is 11.4. The molecule has 0 bridgehead atoms. The Bertz CT molecular complexity index is 349. The topological polar surface area (TPSA) is 15.3 Å². The summed E-state index contributed by atoms with van der Waals surface area (Å²) in [5, 5.41) is 3.26. The molecule has 0 saturated carbocycles. The van der Waals surface area contributed by atoms with Crippen LogP contribution in [0.15, 0.2) is 18.2 Å². The molecule has 0 aliphatic carbocycles. The van der Waals surface area contributed by atoms with Crippen molar-refractivity contribution in [1.29, 1.82) is 0 Å². The van der Waals surface area contributed by atoms with Gasteiger partial charge in [0.15, 0.2) is 0 Å². The summed E-state index contributed by atoms with van der Waals surface area (Å²) in [4.78, 5) is 2.26. The number of hydrogen-bond donors (Lipinski definition) is 1. The van der Waals surface area contributed by atoms with Crippen LogP contribution in [0.5, 0.6) is 0 Å². The standard InChI is InChI=1S/C12H16F2N2/c13-11-1-2-12(14)10(9-11)3-6-16-7-4-15-5-8-16/h1-2,9,15H,3-8H2. The second-order valence-corrected chi connectivity index (χ2v) is 4.08. The smallest absolute Gasteiger partial charge is 0.126 e. The van der Waals surface area contributed by atoms with Crippen LogP contribution in [0.25, 0.3) is 0 Å². The maximum Gasteiger partial charge on any atom is 0.126 e. The number of rotatable bonds is 3. The molecule has 1 aliphatic heterocycles. The summed E-state index contributed by atoms with van der Waals surface area (Å²) in [5.74, 6) is -0.673. The predicted octanol–water partition coefficient (Wildman–Crippen LogP) is 1.41. The molecule has 1 saturated heterocycles. The van der Waals surface area contributed by atoms with Gasteiger partial charge in [0.05, 0.1) is 0 Å². The number of halogens is 2. The Morgan fingerprint density at radius 2 is 1.94 bits per heavy atom. The maximum atomic E-state index is 13.3. The van der Waals surface area contributed by atoms with Crippen LogP contribution in [0.3, 0.4) is 0 Å². The Hall–Kier alpha value is -1.00. The maximum absolute atomic E-state index is 13.3. The van der Waals surface area contributed by atoms with Crippen LogP contribution in [-0.2, 0) is 6.42 Å². The first-order chi connectivity index (χ1) is 7.75. The molecule has 2 rings (SSSR count). The molecule has 1 heterocycles. The average molecular weight is 226 g/mol. The highest BCUT2D eigenvalue weighted by Crippen LogP contribution is 2.11. The average Bonchev–Trinajstić information content (AvgIpc) is 2.32. The number of piperazine rings is 1. The van der Waals surface area contributed by atoms with Gasteiger partial charge in [-0.15, -0.1) is 0 Å². The molecule has 0 spiro atoms. The Morgan fingerprint density at radius 1 is 1.19 bits per heavy atom. The lowest BCUT2D eigenvalue weighted by Crippen LogP contribution is -2.44. The van der Waals surface area contributed by atoms with Crippen LogP contribution >= 0.6 is 0 Å². The molecule has 0 atom stereocenters. The van der Waals surface area contributed by atoms with Gasteiger partial charge in [0.25, 0.3) is 0 Å². The first-order valence-electron chi connectivity index (χ1n) is 5.63. The monoisotopic (exact) mass is 226 g/mol. The molecule has 1 N–H and O–H groups in total. The summed E-state index contributed by atoms with van der Waals surface area (Å²) < 4.78 is 26.2. The molecular formula is C12H16F2N2. The van der Waals surface area contributed by atoms with E-state index in [9.17, 15) is 8.78 Å². The normalized spacial score (nSPS) is 17.6. The van der Waals surface area contributed by atoms with E-state index >= 15 is 0 Å². The lowest BCUT2D eigenvalue weighted by Gasteiger charge is -2.27. The Kier molecular flexibility index (Phi) is 3.85. The second-order valence-electron chi connectivity index (χ2n) is 4.08. The third-order valence-electron chi connectivity index (χ3n) is 2.91. The van der Waals surface area contributed by atoms with E-state index in [0.29, 0.717) is 12.0 Å². The Labute approximate surface area is 94.3 Å². The van der Waals surface area contributed by atoms with Gasteiger partial charge < -0.3 is 10.2 Å². The van der Waals surface area contributed by atoms with E-state index in [-0.39, 0.29) is 11.6 Å². The van der Waals surface area contributed by atoms with E-state index in [4.69, 9.17) is 0 Å². The van der Waals surface area contributed by atoms with Crippen LogP contribution in [0.1, 0.15) is 5.56 Å². The summed E-state index contributed by atoms with van der Waals surface area (Å²) in [6, 6.07) is 3.64.